The van der Waals surface area contributed by atoms with Crippen LogP contribution in [-0.2, 0) is 11.2 Å². The highest BCUT2D eigenvalue weighted by Crippen LogP contribution is 2.47. The van der Waals surface area contributed by atoms with Gasteiger partial charge in [0.25, 0.3) is 0 Å². The molecule has 2 heterocycles. The second-order valence-corrected chi connectivity index (χ2v) is 15.3. The van der Waals surface area contributed by atoms with Crippen LogP contribution in [0.25, 0.3) is 21.0 Å². The Morgan fingerprint density at radius 2 is 1.46 bits per heavy atom. The Morgan fingerprint density at radius 3 is 2.13 bits per heavy atom. The van der Waals surface area contributed by atoms with E-state index < -0.39 is 13.5 Å². The van der Waals surface area contributed by atoms with Gasteiger partial charge in [0.05, 0.1) is 0 Å². The van der Waals surface area contributed by atoms with Crippen LogP contribution < -0.4 is 10.6 Å². The van der Waals surface area contributed by atoms with E-state index in [0.29, 0.717) is 20.4 Å². The van der Waals surface area contributed by atoms with Gasteiger partial charge in [-0.2, -0.15) is 0 Å². The summed E-state index contributed by atoms with van der Waals surface area (Å²) >= 11 is 0. The number of ether oxygens (including phenoxy) is 1. The third-order valence-corrected chi connectivity index (χ3v) is 11.7. The lowest BCUT2D eigenvalue weighted by Crippen LogP contribution is -2.41. The first-order valence-electron chi connectivity index (χ1n) is 13.7. The van der Waals surface area contributed by atoms with Gasteiger partial charge < -0.3 is 9.64 Å². The van der Waals surface area contributed by atoms with E-state index in [4.69, 9.17) is 4.74 Å². The minimum atomic E-state index is -0.633. The van der Waals surface area contributed by atoms with Crippen LogP contribution in [0.5, 0.6) is 0 Å². The average molecular weight is 552 g/mol. The molecule has 3 unspecified atom stereocenters. The fraction of sp³-hybridized carbons (Fsp3) is 0.265. The van der Waals surface area contributed by atoms with E-state index in [-0.39, 0.29) is 12.1 Å². The second-order valence-electron chi connectivity index (χ2n) is 11.4. The number of nitrogens with zero attached hydrogens (tertiary/aromatic N) is 1. The topological polar surface area (TPSA) is 29.5 Å². The minimum absolute atomic E-state index is 0.0878. The van der Waals surface area contributed by atoms with Gasteiger partial charge in [0, 0.05) is 18.2 Å². The predicted molar refractivity (Wildman–Crippen MR) is 169 cm³/mol. The van der Waals surface area contributed by atoms with Crippen molar-refractivity contribution in [1.82, 2.24) is 4.90 Å². The van der Waals surface area contributed by atoms with Crippen LogP contribution in [-0.4, -0.2) is 34.8 Å². The lowest BCUT2D eigenvalue weighted by atomic mass is 9.99. The van der Waals surface area contributed by atoms with Gasteiger partial charge in [-0.05, 0) is 78.7 Å². The van der Waals surface area contributed by atoms with E-state index in [0.717, 1.165) is 12.8 Å². The molecule has 1 aliphatic heterocycles. The third-order valence-electron chi connectivity index (χ3n) is 7.53. The zero-order valence-corrected chi connectivity index (χ0v) is 24.7. The van der Waals surface area contributed by atoms with E-state index in [1.54, 1.807) is 0 Å². The summed E-state index contributed by atoms with van der Waals surface area (Å²) in [5.41, 5.74) is 1.17. The molecule has 39 heavy (non-hydrogen) atoms. The van der Waals surface area contributed by atoms with Crippen molar-refractivity contribution in [3.8, 4) is 0 Å². The zero-order chi connectivity index (χ0) is 27.0. The summed E-state index contributed by atoms with van der Waals surface area (Å²) in [4.78, 5) is 15.7. The highest BCUT2D eigenvalue weighted by molar-refractivity contribution is 7.73. The van der Waals surface area contributed by atoms with Crippen LogP contribution in [0.15, 0.2) is 103 Å². The Morgan fingerprint density at radius 1 is 0.846 bits per heavy atom. The Kier molecular flexibility index (Phi) is 7.23. The molecule has 0 radical (unpaired) electrons. The maximum Gasteiger partial charge on any atom is 0.410 e. The summed E-state index contributed by atoms with van der Waals surface area (Å²) < 4.78 is 5.97. The zero-order valence-electron chi connectivity index (χ0n) is 22.8. The molecule has 198 valence electrons. The van der Waals surface area contributed by atoms with Crippen molar-refractivity contribution in [2.24, 2.45) is 0 Å². The number of likely N-dealkylation sites (tertiary alicyclic amines) is 1. The number of rotatable bonds is 5. The van der Waals surface area contributed by atoms with Crippen molar-refractivity contribution in [3.63, 3.8) is 0 Å². The highest BCUT2D eigenvalue weighted by atomic mass is 31.1. The summed E-state index contributed by atoms with van der Waals surface area (Å²) in [5.74, 6) is 0. The van der Waals surface area contributed by atoms with Crippen molar-refractivity contribution in [2.75, 3.05) is 6.54 Å². The Labute approximate surface area is 234 Å². The molecular formula is C34H35NO2P2. The number of carbonyl (C=O) groups is 1. The lowest BCUT2D eigenvalue weighted by Gasteiger charge is -2.29. The van der Waals surface area contributed by atoms with Gasteiger partial charge >= 0.3 is 6.09 Å². The molecule has 0 N–H and O–H groups in total. The van der Waals surface area contributed by atoms with E-state index >= 15 is 0 Å². The Balaban J connectivity index is 1.39. The monoisotopic (exact) mass is 551 g/mol. The van der Waals surface area contributed by atoms with Crippen molar-refractivity contribution < 1.29 is 9.53 Å². The van der Waals surface area contributed by atoms with Crippen molar-refractivity contribution >= 4 is 53.8 Å². The van der Waals surface area contributed by atoms with Crippen LogP contribution in [0.1, 0.15) is 32.8 Å². The van der Waals surface area contributed by atoms with E-state index in [1.165, 1.54) is 37.2 Å². The van der Waals surface area contributed by atoms with Gasteiger partial charge in [0.15, 0.2) is 0 Å². The second kappa shape index (κ2) is 10.8. The molecule has 1 saturated heterocycles. The van der Waals surface area contributed by atoms with Gasteiger partial charge in [-0.25, -0.2) is 4.79 Å². The predicted octanol–water partition coefficient (Wildman–Crippen LogP) is 8.08. The van der Waals surface area contributed by atoms with Gasteiger partial charge in [-0.3, -0.25) is 0 Å². The molecule has 0 aliphatic carbocycles. The summed E-state index contributed by atoms with van der Waals surface area (Å²) in [7, 11) is 0.0604. The maximum absolute atomic E-state index is 13.6. The summed E-state index contributed by atoms with van der Waals surface area (Å²) in [6, 6.07) is 37.3. The average Bonchev–Trinajstić information content (AvgIpc) is 3.51. The molecule has 0 spiro atoms. The summed E-state index contributed by atoms with van der Waals surface area (Å²) in [6.45, 7) is 6.57. The maximum atomic E-state index is 13.6. The van der Waals surface area contributed by atoms with Crippen LogP contribution in [0.4, 0.5) is 4.79 Å². The number of hydrogen-bond donors (Lipinski definition) is 0. The normalized spacial score (nSPS) is 18.0. The Bertz CT molecular complexity index is 1550. The quantitative estimate of drug-likeness (QED) is 0.207. The molecule has 1 amide bonds. The molecule has 5 heteroatoms. The van der Waals surface area contributed by atoms with Crippen LogP contribution in [0, 0.1) is 0 Å². The number of hydrogen-bond acceptors (Lipinski definition) is 2. The number of carbonyl (C=O) groups excluding carboxylic acids is 1. The third kappa shape index (κ3) is 5.49. The molecule has 0 bridgehead atoms. The SMILES string of the molecule is CC(C)(C)OC(=O)N1CC(P(c2ccccc2)c2ccccc2)CC1Cc1cccc2[pH]c3ccccc3c12. The van der Waals surface area contributed by atoms with Gasteiger partial charge in [0.1, 0.15) is 5.60 Å². The van der Waals surface area contributed by atoms with Crippen molar-refractivity contribution in [3.05, 3.63) is 109 Å². The van der Waals surface area contributed by atoms with E-state index in [1.807, 2.05) is 25.7 Å². The number of fused-ring (bicyclic) bond motifs is 3. The molecule has 1 aliphatic rings. The molecule has 1 aromatic heterocycles. The van der Waals surface area contributed by atoms with E-state index in [9.17, 15) is 4.79 Å². The number of amides is 1. The fourth-order valence-electron chi connectivity index (χ4n) is 5.97. The molecule has 0 saturated carbocycles. The molecule has 3 atom stereocenters. The van der Waals surface area contributed by atoms with Gasteiger partial charge in [-0.15, -0.1) is 8.19 Å². The smallest absolute Gasteiger partial charge is 0.410 e. The van der Waals surface area contributed by atoms with E-state index in [2.05, 4.69) is 103 Å². The first-order valence-corrected chi connectivity index (χ1v) is 16.2. The lowest BCUT2D eigenvalue weighted by molar-refractivity contribution is 0.0227. The largest absolute Gasteiger partial charge is 0.444 e. The summed E-state index contributed by atoms with van der Waals surface area (Å²) in [6.07, 6.45) is 1.60. The first kappa shape index (κ1) is 26.1. The van der Waals surface area contributed by atoms with Crippen molar-refractivity contribution in [1.29, 1.82) is 0 Å². The van der Waals surface area contributed by atoms with Crippen LogP contribution >= 0.6 is 16.1 Å². The number of benzene rings is 4. The molecule has 6 rings (SSSR count). The molecule has 3 nitrogen and oxygen atoms in total. The molecule has 1 fully saturated rings. The van der Waals surface area contributed by atoms with Gasteiger partial charge in [0.2, 0.25) is 0 Å². The Hall–Kier alpha value is -3.12. The summed E-state index contributed by atoms with van der Waals surface area (Å²) in [5, 5.41) is 8.31. The molecule has 4 aromatic carbocycles. The standard InChI is InChI=1S/C34H35NO2P2/c1-34(2,3)37-33(36)35-23-28(39(26-14-6-4-7-15-26)27-16-8-5-9-17-27)22-25(35)21-24-13-12-20-31-32(24)29-18-10-11-19-30(29)38-31/h4-20,25,28,38H,21-23H2,1-3H3. The van der Waals surface area contributed by atoms with Crippen LogP contribution in [0.3, 0.4) is 0 Å². The first-order chi connectivity index (χ1) is 18.9. The molecule has 5 aromatic rings. The van der Waals surface area contributed by atoms with Crippen LogP contribution in [0.2, 0.25) is 0 Å². The van der Waals surface area contributed by atoms with Crippen molar-refractivity contribution in [2.45, 2.75) is 50.9 Å². The highest BCUT2D eigenvalue weighted by Gasteiger charge is 2.41. The minimum Gasteiger partial charge on any atom is -0.444 e. The fourth-order valence-corrected chi connectivity index (χ4v) is 10.3. The van der Waals surface area contributed by atoms with Gasteiger partial charge in [-0.1, -0.05) is 103 Å². The molecular weight excluding hydrogens is 516 g/mol.